The molecule has 0 spiro atoms. The Labute approximate surface area is 74.0 Å². The third kappa shape index (κ3) is 1.97. The molecule has 0 aromatic rings. The van der Waals surface area contributed by atoms with Crippen LogP contribution >= 0.6 is 0 Å². The van der Waals surface area contributed by atoms with E-state index in [1.165, 1.54) is 0 Å². The molecule has 1 rings (SSSR count). The van der Waals surface area contributed by atoms with Gasteiger partial charge in [0.25, 0.3) is 0 Å². The number of nitrogens with zero attached hydrogens (tertiary/aromatic N) is 1. The monoisotopic (exact) mass is 173 g/mol. The van der Waals surface area contributed by atoms with Crippen LogP contribution in [0.4, 0.5) is 0 Å². The Morgan fingerprint density at radius 3 is 2.33 bits per heavy atom. The van der Waals surface area contributed by atoms with Gasteiger partial charge in [-0.15, -0.1) is 0 Å². The maximum Gasteiger partial charge on any atom is 0.0683 e. The van der Waals surface area contributed by atoms with Crippen molar-refractivity contribution in [2.24, 2.45) is 0 Å². The van der Waals surface area contributed by atoms with Gasteiger partial charge in [0.1, 0.15) is 0 Å². The molecule has 3 heteroatoms. The van der Waals surface area contributed by atoms with Crippen LogP contribution in [0.5, 0.6) is 0 Å². The SMILES string of the molecule is CC(C)(C)N1C[C@H](O)CC1CO. The van der Waals surface area contributed by atoms with E-state index in [2.05, 4.69) is 25.7 Å². The van der Waals surface area contributed by atoms with Gasteiger partial charge < -0.3 is 10.2 Å². The molecule has 1 aliphatic heterocycles. The summed E-state index contributed by atoms with van der Waals surface area (Å²) in [5, 5.41) is 18.5. The van der Waals surface area contributed by atoms with Gasteiger partial charge in [0.05, 0.1) is 12.7 Å². The van der Waals surface area contributed by atoms with E-state index in [0.717, 1.165) is 0 Å². The average Bonchev–Trinajstić information content (AvgIpc) is 2.29. The van der Waals surface area contributed by atoms with Gasteiger partial charge in [0, 0.05) is 18.1 Å². The molecule has 1 unspecified atom stereocenters. The number of aliphatic hydroxyl groups is 2. The second-order valence-corrected chi connectivity index (χ2v) is 4.55. The zero-order valence-electron chi connectivity index (χ0n) is 8.12. The zero-order valence-corrected chi connectivity index (χ0v) is 8.12. The van der Waals surface area contributed by atoms with Crippen LogP contribution in [0.2, 0.25) is 0 Å². The molecule has 1 saturated heterocycles. The number of rotatable bonds is 1. The van der Waals surface area contributed by atoms with E-state index >= 15 is 0 Å². The van der Waals surface area contributed by atoms with Crippen molar-refractivity contribution in [1.82, 2.24) is 4.90 Å². The molecule has 0 radical (unpaired) electrons. The van der Waals surface area contributed by atoms with Gasteiger partial charge >= 0.3 is 0 Å². The lowest BCUT2D eigenvalue weighted by atomic mass is 10.1. The highest BCUT2D eigenvalue weighted by Gasteiger charge is 2.36. The Kier molecular flexibility index (Phi) is 2.76. The van der Waals surface area contributed by atoms with Crippen LogP contribution in [-0.2, 0) is 0 Å². The van der Waals surface area contributed by atoms with Crippen molar-refractivity contribution in [1.29, 1.82) is 0 Å². The maximum atomic E-state index is 9.41. The average molecular weight is 173 g/mol. The highest BCUT2D eigenvalue weighted by atomic mass is 16.3. The first kappa shape index (κ1) is 9.96. The Bertz CT molecular complexity index is 153. The quantitative estimate of drug-likeness (QED) is 0.596. The zero-order chi connectivity index (χ0) is 9.35. The third-order valence-corrected chi connectivity index (χ3v) is 2.46. The minimum Gasteiger partial charge on any atom is -0.395 e. The molecular formula is C9H19NO2. The predicted molar refractivity (Wildman–Crippen MR) is 48.0 cm³/mol. The smallest absolute Gasteiger partial charge is 0.0683 e. The van der Waals surface area contributed by atoms with Crippen LogP contribution in [0.25, 0.3) is 0 Å². The first-order valence-electron chi connectivity index (χ1n) is 4.51. The maximum absolute atomic E-state index is 9.41. The number of hydrogen-bond acceptors (Lipinski definition) is 3. The van der Waals surface area contributed by atoms with Crippen LogP contribution in [0.15, 0.2) is 0 Å². The minimum atomic E-state index is -0.263. The number of hydrogen-bond donors (Lipinski definition) is 2. The van der Waals surface area contributed by atoms with E-state index in [4.69, 9.17) is 5.11 Å². The first-order valence-corrected chi connectivity index (χ1v) is 4.51. The fourth-order valence-corrected chi connectivity index (χ4v) is 1.89. The Morgan fingerprint density at radius 1 is 1.42 bits per heavy atom. The summed E-state index contributed by atoms with van der Waals surface area (Å²) >= 11 is 0. The summed E-state index contributed by atoms with van der Waals surface area (Å²) in [5.41, 5.74) is 0.0465. The Morgan fingerprint density at radius 2 is 2.00 bits per heavy atom. The predicted octanol–water partition coefficient (Wildman–Crippen LogP) is 0.212. The summed E-state index contributed by atoms with van der Waals surface area (Å²) < 4.78 is 0. The van der Waals surface area contributed by atoms with E-state index in [0.29, 0.717) is 13.0 Å². The van der Waals surface area contributed by atoms with E-state index < -0.39 is 0 Å². The lowest BCUT2D eigenvalue weighted by Crippen LogP contribution is -2.46. The molecule has 2 atom stereocenters. The van der Waals surface area contributed by atoms with Crippen molar-refractivity contribution in [3.63, 3.8) is 0 Å². The van der Waals surface area contributed by atoms with Crippen LogP contribution in [-0.4, -0.2) is 45.9 Å². The van der Waals surface area contributed by atoms with Crippen LogP contribution < -0.4 is 0 Å². The molecule has 0 aliphatic carbocycles. The topological polar surface area (TPSA) is 43.7 Å². The Hall–Kier alpha value is -0.120. The largest absolute Gasteiger partial charge is 0.395 e. The van der Waals surface area contributed by atoms with Gasteiger partial charge in [-0.2, -0.15) is 0 Å². The molecule has 1 heterocycles. The molecule has 0 bridgehead atoms. The molecule has 12 heavy (non-hydrogen) atoms. The van der Waals surface area contributed by atoms with E-state index in [-0.39, 0.29) is 24.3 Å². The van der Waals surface area contributed by atoms with Crippen LogP contribution in [0.1, 0.15) is 27.2 Å². The summed E-state index contributed by atoms with van der Waals surface area (Å²) in [6.07, 6.45) is 0.440. The molecule has 0 aromatic carbocycles. The molecule has 1 aliphatic rings. The van der Waals surface area contributed by atoms with E-state index in [1.54, 1.807) is 0 Å². The molecule has 0 saturated carbocycles. The second-order valence-electron chi connectivity index (χ2n) is 4.55. The van der Waals surface area contributed by atoms with Crippen molar-refractivity contribution in [3.05, 3.63) is 0 Å². The third-order valence-electron chi connectivity index (χ3n) is 2.46. The summed E-state index contributed by atoms with van der Waals surface area (Å²) in [7, 11) is 0. The molecule has 3 nitrogen and oxygen atoms in total. The van der Waals surface area contributed by atoms with Crippen molar-refractivity contribution in [3.8, 4) is 0 Å². The highest BCUT2D eigenvalue weighted by Crippen LogP contribution is 2.25. The van der Waals surface area contributed by atoms with Gasteiger partial charge in [-0.1, -0.05) is 0 Å². The van der Waals surface area contributed by atoms with Gasteiger partial charge in [-0.05, 0) is 27.2 Å². The minimum absolute atomic E-state index is 0.0465. The molecule has 1 fully saturated rings. The molecular weight excluding hydrogens is 154 g/mol. The normalized spacial score (nSPS) is 32.8. The van der Waals surface area contributed by atoms with Gasteiger partial charge in [0.2, 0.25) is 0 Å². The Balaban J connectivity index is 2.64. The molecule has 72 valence electrons. The lowest BCUT2D eigenvalue weighted by molar-refractivity contribution is 0.0749. The van der Waals surface area contributed by atoms with Crippen LogP contribution in [0, 0.1) is 0 Å². The highest BCUT2D eigenvalue weighted by molar-refractivity contribution is 4.91. The molecule has 0 aromatic heterocycles. The van der Waals surface area contributed by atoms with E-state index in [9.17, 15) is 5.11 Å². The first-order chi connectivity index (χ1) is 5.45. The molecule has 2 N–H and O–H groups in total. The lowest BCUT2D eigenvalue weighted by Gasteiger charge is -2.35. The van der Waals surface area contributed by atoms with Crippen molar-refractivity contribution < 1.29 is 10.2 Å². The van der Waals surface area contributed by atoms with Crippen molar-refractivity contribution in [2.75, 3.05) is 13.2 Å². The van der Waals surface area contributed by atoms with Crippen molar-refractivity contribution in [2.45, 2.75) is 44.9 Å². The fourth-order valence-electron chi connectivity index (χ4n) is 1.89. The van der Waals surface area contributed by atoms with Crippen molar-refractivity contribution >= 4 is 0 Å². The number of β-amino-alcohol motifs (C(OH)–C–C–N with tert-alkyl or cyclic N) is 1. The summed E-state index contributed by atoms with van der Waals surface area (Å²) in [5.74, 6) is 0. The fraction of sp³-hybridized carbons (Fsp3) is 1.00. The number of aliphatic hydroxyl groups excluding tert-OH is 2. The summed E-state index contributed by atoms with van der Waals surface area (Å²) in [4.78, 5) is 2.16. The van der Waals surface area contributed by atoms with Gasteiger partial charge in [0.15, 0.2) is 0 Å². The summed E-state index contributed by atoms with van der Waals surface area (Å²) in [6.45, 7) is 7.15. The van der Waals surface area contributed by atoms with Gasteiger partial charge in [-0.3, -0.25) is 4.90 Å². The standard InChI is InChI=1S/C9H19NO2/c1-9(2,3)10-5-8(12)4-7(10)6-11/h7-8,11-12H,4-6H2,1-3H3/t7?,8-/m1/s1. The summed E-state index contributed by atoms with van der Waals surface area (Å²) in [6, 6.07) is 0.139. The van der Waals surface area contributed by atoms with Crippen LogP contribution in [0.3, 0.4) is 0 Å². The second kappa shape index (κ2) is 3.32. The van der Waals surface area contributed by atoms with Gasteiger partial charge in [-0.25, -0.2) is 0 Å². The number of likely N-dealkylation sites (tertiary alicyclic amines) is 1. The van der Waals surface area contributed by atoms with E-state index in [1.807, 2.05) is 0 Å². The molecule has 0 amide bonds.